The number of carbonyl (C=O) groups is 1. The maximum atomic E-state index is 12.3. The van der Waals surface area contributed by atoms with Gasteiger partial charge in [-0.2, -0.15) is 0 Å². The van der Waals surface area contributed by atoms with Crippen LogP contribution in [-0.2, 0) is 11.2 Å². The summed E-state index contributed by atoms with van der Waals surface area (Å²) in [6, 6.07) is 16.0. The molecule has 5 heteroatoms. The van der Waals surface area contributed by atoms with Gasteiger partial charge in [0.1, 0.15) is 0 Å². The molecule has 5 nitrogen and oxygen atoms in total. The molecule has 0 unspecified atom stereocenters. The molecule has 1 saturated heterocycles. The van der Waals surface area contributed by atoms with Crippen LogP contribution in [0.1, 0.15) is 24.8 Å². The van der Waals surface area contributed by atoms with E-state index >= 15 is 0 Å². The van der Waals surface area contributed by atoms with Crippen LogP contribution in [0.5, 0.6) is 0 Å². The van der Waals surface area contributed by atoms with Crippen molar-refractivity contribution in [2.75, 3.05) is 36.5 Å². The fraction of sp³-hybridized carbons (Fsp3) is 0.381. The Balaban J connectivity index is 1.41. The first-order valence-electron chi connectivity index (χ1n) is 9.31. The van der Waals surface area contributed by atoms with E-state index < -0.39 is 0 Å². The van der Waals surface area contributed by atoms with Crippen molar-refractivity contribution in [1.82, 2.24) is 4.90 Å². The summed E-state index contributed by atoms with van der Waals surface area (Å²) in [5, 5.41) is 6.44. The van der Waals surface area contributed by atoms with Crippen LogP contribution in [0, 0.1) is 0 Å². The average Bonchev–Trinajstić information content (AvgIpc) is 3.08. The highest BCUT2D eigenvalue weighted by Crippen LogP contribution is 2.18. The number of aryl methyl sites for hydroxylation is 1. The molecule has 0 saturated carbocycles. The van der Waals surface area contributed by atoms with Crippen molar-refractivity contribution >= 4 is 23.0 Å². The lowest BCUT2D eigenvalue weighted by atomic mass is 10.1. The van der Waals surface area contributed by atoms with Gasteiger partial charge in [0, 0.05) is 23.6 Å². The second-order valence-corrected chi connectivity index (χ2v) is 6.98. The Kier molecular flexibility index (Phi) is 6.12. The minimum atomic E-state index is 0.00105. The molecule has 26 heavy (non-hydrogen) atoms. The summed E-state index contributed by atoms with van der Waals surface area (Å²) in [6.45, 7) is 1.90. The van der Waals surface area contributed by atoms with Crippen LogP contribution in [0.15, 0.2) is 48.5 Å². The summed E-state index contributed by atoms with van der Waals surface area (Å²) >= 11 is 0. The number of likely N-dealkylation sites (N-methyl/N-ethyl adjacent to an activating group) is 1. The summed E-state index contributed by atoms with van der Waals surface area (Å²) in [5.74, 6) is 0.0919. The molecule has 0 aliphatic carbocycles. The molecule has 1 fully saturated rings. The summed E-state index contributed by atoms with van der Waals surface area (Å²) in [7, 11) is 2.01. The number of carbonyl (C=O) groups excluding carboxylic acids is 1. The van der Waals surface area contributed by atoms with Gasteiger partial charge in [-0.15, -0.1) is 0 Å². The number of hydrogen-bond acceptors (Lipinski definition) is 4. The first-order valence-corrected chi connectivity index (χ1v) is 9.31. The predicted octanol–water partition coefficient (Wildman–Crippen LogP) is 3.35. The molecule has 0 radical (unpaired) electrons. The highest BCUT2D eigenvalue weighted by atomic mass is 16.2. The number of nitrogen functional groups attached to an aromatic ring is 1. The molecule has 0 bridgehead atoms. The number of nitrogens with one attached hydrogen (secondary N) is 2. The SMILES string of the molecule is CN1CCC[C@H]1C(=O)Nc1ccc(NCCCc2ccc(N)cc2)cc1. The molecular formula is C21H28N4O. The quantitative estimate of drug-likeness (QED) is 0.528. The van der Waals surface area contributed by atoms with Gasteiger partial charge in [0.05, 0.1) is 6.04 Å². The second-order valence-electron chi connectivity index (χ2n) is 6.98. The Labute approximate surface area is 155 Å². The molecule has 0 aromatic heterocycles. The topological polar surface area (TPSA) is 70.4 Å². The molecular weight excluding hydrogens is 324 g/mol. The molecule has 2 aromatic rings. The molecule has 1 aliphatic rings. The van der Waals surface area contributed by atoms with E-state index in [2.05, 4.69) is 27.7 Å². The van der Waals surface area contributed by atoms with E-state index in [9.17, 15) is 4.79 Å². The van der Waals surface area contributed by atoms with E-state index in [1.807, 2.05) is 43.4 Å². The number of benzene rings is 2. The minimum Gasteiger partial charge on any atom is -0.399 e. The molecule has 2 aromatic carbocycles. The Hall–Kier alpha value is -2.53. The van der Waals surface area contributed by atoms with Crippen molar-refractivity contribution in [3.8, 4) is 0 Å². The molecule has 4 N–H and O–H groups in total. The summed E-state index contributed by atoms with van der Waals surface area (Å²) in [5.41, 5.74) is 9.72. The summed E-state index contributed by atoms with van der Waals surface area (Å²) < 4.78 is 0. The van der Waals surface area contributed by atoms with Crippen LogP contribution in [0.25, 0.3) is 0 Å². The monoisotopic (exact) mass is 352 g/mol. The maximum Gasteiger partial charge on any atom is 0.241 e. The van der Waals surface area contributed by atoms with Crippen molar-refractivity contribution in [3.63, 3.8) is 0 Å². The minimum absolute atomic E-state index is 0.00105. The van der Waals surface area contributed by atoms with Crippen molar-refractivity contribution in [3.05, 3.63) is 54.1 Å². The maximum absolute atomic E-state index is 12.3. The highest BCUT2D eigenvalue weighted by Gasteiger charge is 2.27. The molecule has 1 heterocycles. The lowest BCUT2D eigenvalue weighted by molar-refractivity contribution is -0.119. The van der Waals surface area contributed by atoms with Gasteiger partial charge in [-0.1, -0.05) is 12.1 Å². The fourth-order valence-electron chi connectivity index (χ4n) is 3.35. The third kappa shape index (κ3) is 4.99. The zero-order chi connectivity index (χ0) is 18.4. The van der Waals surface area contributed by atoms with Gasteiger partial charge in [0.25, 0.3) is 0 Å². The van der Waals surface area contributed by atoms with Gasteiger partial charge in [-0.05, 0) is 81.2 Å². The van der Waals surface area contributed by atoms with Crippen LogP contribution in [-0.4, -0.2) is 37.0 Å². The van der Waals surface area contributed by atoms with E-state index in [1.54, 1.807) is 0 Å². The molecule has 1 aliphatic heterocycles. The number of hydrogen-bond donors (Lipinski definition) is 3. The number of likely N-dealkylation sites (tertiary alicyclic amines) is 1. The zero-order valence-electron chi connectivity index (χ0n) is 15.4. The normalized spacial score (nSPS) is 17.2. The van der Waals surface area contributed by atoms with E-state index in [4.69, 9.17) is 5.73 Å². The van der Waals surface area contributed by atoms with Crippen LogP contribution in [0.2, 0.25) is 0 Å². The third-order valence-electron chi connectivity index (χ3n) is 4.93. The molecule has 138 valence electrons. The summed E-state index contributed by atoms with van der Waals surface area (Å²) in [6.07, 6.45) is 4.11. The lowest BCUT2D eigenvalue weighted by Gasteiger charge is -2.18. The zero-order valence-corrected chi connectivity index (χ0v) is 15.4. The number of nitrogens with zero attached hydrogens (tertiary/aromatic N) is 1. The van der Waals surface area contributed by atoms with Crippen molar-refractivity contribution in [1.29, 1.82) is 0 Å². The van der Waals surface area contributed by atoms with Crippen molar-refractivity contribution < 1.29 is 4.79 Å². The first-order chi connectivity index (χ1) is 12.6. The lowest BCUT2D eigenvalue weighted by Crippen LogP contribution is -2.37. The third-order valence-corrected chi connectivity index (χ3v) is 4.93. The van der Waals surface area contributed by atoms with Gasteiger partial charge in [0.15, 0.2) is 0 Å². The van der Waals surface area contributed by atoms with E-state index in [-0.39, 0.29) is 11.9 Å². The van der Waals surface area contributed by atoms with Crippen LogP contribution < -0.4 is 16.4 Å². The predicted molar refractivity (Wildman–Crippen MR) is 108 cm³/mol. The van der Waals surface area contributed by atoms with Gasteiger partial charge >= 0.3 is 0 Å². The van der Waals surface area contributed by atoms with E-state index in [1.165, 1.54) is 5.56 Å². The Bertz CT molecular complexity index is 712. The Morgan fingerprint density at radius 1 is 1.12 bits per heavy atom. The largest absolute Gasteiger partial charge is 0.399 e. The first kappa shape index (κ1) is 18.3. The fourth-order valence-corrected chi connectivity index (χ4v) is 3.35. The highest BCUT2D eigenvalue weighted by molar-refractivity contribution is 5.95. The van der Waals surface area contributed by atoms with Crippen LogP contribution >= 0.6 is 0 Å². The number of amides is 1. The van der Waals surface area contributed by atoms with Gasteiger partial charge in [0.2, 0.25) is 5.91 Å². The Morgan fingerprint density at radius 2 is 1.81 bits per heavy atom. The number of nitrogens with two attached hydrogens (primary N) is 1. The Morgan fingerprint density at radius 3 is 2.46 bits per heavy atom. The smallest absolute Gasteiger partial charge is 0.241 e. The van der Waals surface area contributed by atoms with E-state index in [0.29, 0.717) is 0 Å². The van der Waals surface area contributed by atoms with Gasteiger partial charge in [-0.3, -0.25) is 9.69 Å². The average molecular weight is 352 g/mol. The van der Waals surface area contributed by atoms with E-state index in [0.717, 1.165) is 55.8 Å². The van der Waals surface area contributed by atoms with Crippen molar-refractivity contribution in [2.24, 2.45) is 0 Å². The number of anilines is 3. The molecule has 1 atom stereocenters. The molecule has 3 rings (SSSR count). The number of rotatable bonds is 7. The standard InChI is InChI=1S/C21H28N4O/c1-25-15-3-5-20(25)21(26)24-19-12-10-18(11-13-19)23-14-2-4-16-6-8-17(22)9-7-16/h6-13,20,23H,2-5,14-15,22H2,1H3,(H,24,26)/t20-/m0/s1. The molecule has 1 amide bonds. The summed E-state index contributed by atoms with van der Waals surface area (Å²) in [4.78, 5) is 14.4. The van der Waals surface area contributed by atoms with Gasteiger partial charge in [-0.25, -0.2) is 0 Å². The van der Waals surface area contributed by atoms with Gasteiger partial charge < -0.3 is 16.4 Å². The second kappa shape index (κ2) is 8.72. The van der Waals surface area contributed by atoms with Crippen LogP contribution in [0.4, 0.5) is 17.1 Å². The van der Waals surface area contributed by atoms with Crippen molar-refractivity contribution in [2.45, 2.75) is 31.7 Å². The molecule has 0 spiro atoms. The van der Waals surface area contributed by atoms with Crippen LogP contribution in [0.3, 0.4) is 0 Å².